The van der Waals surface area contributed by atoms with Gasteiger partial charge in [-0.25, -0.2) is 4.79 Å². The molecule has 2 aromatic rings. The van der Waals surface area contributed by atoms with Crippen molar-refractivity contribution in [2.75, 3.05) is 7.11 Å². The predicted octanol–water partition coefficient (Wildman–Crippen LogP) is 2.44. The molecule has 2 aromatic carbocycles. The number of esters is 1. The quantitative estimate of drug-likeness (QED) is 0.505. The zero-order valence-corrected chi connectivity index (χ0v) is 12.2. The van der Waals surface area contributed by atoms with Gasteiger partial charge in [0.15, 0.2) is 6.10 Å². The van der Waals surface area contributed by atoms with Crippen molar-refractivity contribution in [1.29, 1.82) is 0 Å². The number of methoxy groups -OCH3 is 1. The van der Waals surface area contributed by atoms with Crippen LogP contribution in [-0.2, 0) is 21.0 Å². The molecule has 0 radical (unpaired) electrons. The number of nitrogens with zero attached hydrogens (tertiary/aromatic N) is 1. The van der Waals surface area contributed by atoms with Crippen LogP contribution in [-0.4, -0.2) is 24.4 Å². The van der Waals surface area contributed by atoms with Crippen LogP contribution in [0.1, 0.15) is 22.8 Å². The average molecular weight is 299 g/mol. The van der Waals surface area contributed by atoms with Crippen molar-refractivity contribution in [3.8, 4) is 0 Å². The number of rotatable bonds is 6. The normalized spacial score (nSPS) is 12.1. The van der Waals surface area contributed by atoms with Crippen molar-refractivity contribution in [2.45, 2.75) is 12.7 Å². The van der Waals surface area contributed by atoms with E-state index in [1.807, 2.05) is 30.3 Å². The Bertz CT molecular complexity index is 640. The third kappa shape index (κ3) is 4.17. The van der Waals surface area contributed by atoms with Gasteiger partial charge in [-0.05, 0) is 16.7 Å². The lowest BCUT2D eigenvalue weighted by Gasteiger charge is -2.12. The van der Waals surface area contributed by atoms with Crippen LogP contribution in [0.25, 0.3) is 0 Å². The standard InChI is InChI=1S/C17H17NO4/c1-21-17(20)16(19)15-10-6-5-9-14(15)12-22-18-11-13-7-3-2-4-8-13/h2-11,16,19H,12H2,1H3/b18-11-. The molecular formula is C17H17NO4. The van der Waals surface area contributed by atoms with Gasteiger partial charge in [-0.2, -0.15) is 0 Å². The highest BCUT2D eigenvalue weighted by molar-refractivity contribution is 5.78. The lowest BCUT2D eigenvalue weighted by Crippen LogP contribution is -2.15. The first-order valence-corrected chi connectivity index (χ1v) is 6.76. The third-order valence-electron chi connectivity index (χ3n) is 3.07. The fraction of sp³-hybridized carbons (Fsp3) is 0.176. The highest BCUT2D eigenvalue weighted by Gasteiger charge is 2.20. The van der Waals surface area contributed by atoms with Crippen LogP contribution in [0.5, 0.6) is 0 Å². The van der Waals surface area contributed by atoms with Crippen molar-refractivity contribution < 1.29 is 19.5 Å². The van der Waals surface area contributed by atoms with Gasteiger partial charge in [-0.1, -0.05) is 59.8 Å². The molecule has 2 rings (SSSR count). The molecule has 0 aliphatic rings. The van der Waals surface area contributed by atoms with E-state index in [2.05, 4.69) is 9.89 Å². The zero-order chi connectivity index (χ0) is 15.8. The Kier molecular flexibility index (Phi) is 5.68. The minimum atomic E-state index is -1.33. The van der Waals surface area contributed by atoms with E-state index >= 15 is 0 Å². The molecule has 0 aromatic heterocycles. The number of carbonyl (C=O) groups is 1. The van der Waals surface area contributed by atoms with Gasteiger partial charge < -0.3 is 14.7 Å². The van der Waals surface area contributed by atoms with E-state index in [1.165, 1.54) is 7.11 Å². The molecule has 5 nitrogen and oxygen atoms in total. The fourth-order valence-electron chi connectivity index (χ4n) is 1.92. The van der Waals surface area contributed by atoms with Gasteiger partial charge in [0.2, 0.25) is 0 Å². The number of aliphatic hydroxyl groups is 1. The van der Waals surface area contributed by atoms with Crippen molar-refractivity contribution >= 4 is 12.2 Å². The number of ether oxygens (including phenoxy) is 1. The molecule has 114 valence electrons. The van der Waals surface area contributed by atoms with Gasteiger partial charge >= 0.3 is 5.97 Å². The van der Waals surface area contributed by atoms with E-state index in [9.17, 15) is 9.90 Å². The fourth-order valence-corrected chi connectivity index (χ4v) is 1.92. The SMILES string of the molecule is COC(=O)C(O)c1ccccc1CO/N=C\c1ccccc1. The summed E-state index contributed by atoms with van der Waals surface area (Å²) in [5.41, 5.74) is 2.04. The summed E-state index contributed by atoms with van der Waals surface area (Å²) >= 11 is 0. The minimum Gasteiger partial charge on any atom is -0.467 e. The van der Waals surface area contributed by atoms with E-state index < -0.39 is 12.1 Å². The molecule has 0 bridgehead atoms. The van der Waals surface area contributed by atoms with Gasteiger partial charge in [0, 0.05) is 0 Å². The molecule has 5 heteroatoms. The predicted molar refractivity (Wildman–Crippen MR) is 82.2 cm³/mol. The first-order chi connectivity index (χ1) is 10.7. The average Bonchev–Trinajstić information content (AvgIpc) is 2.58. The number of hydrogen-bond donors (Lipinski definition) is 1. The van der Waals surface area contributed by atoms with E-state index in [0.29, 0.717) is 11.1 Å². The molecule has 22 heavy (non-hydrogen) atoms. The second kappa shape index (κ2) is 7.95. The molecule has 0 fully saturated rings. The molecule has 0 heterocycles. The van der Waals surface area contributed by atoms with Gasteiger partial charge in [-0.3, -0.25) is 0 Å². The summed E-state index contributed by atoms with van der Waals surface area (Å²) in [6.45, 7) is 0.146. The van der Waals surface area contributed by atoms with E-state index in [1.54, 1.807) is 30.5 Å². The summed E-state index contributed by atoms with van der Waals surface area (Å²) in [4.78, 5) is 16.7. The van der Waals surface area contributed by atoms with Crippen molar-refractivity contribution in [3.05, 3.63) is 71.3 Å². The topological polar surface area (TPSA) is 68.1 Å². The van der Waals surface area contributed by atoms with Crippen LogP contribution in [0.2, 0.25) is 0 Å². The van der Waals surface area contributed by atoms with Gasteiger partial charge in [0.1, 0.15) is 6.61 Å². The van der Waals surface area contributed by atoms with Gasteiger partial charge in [0.05, 0.1) is 13.3 Å². The molecule has 1 unspecified atom stereocenters. The smallest absolute Gasteiger partial charge is 0.339 e. The monoisotopic (exact) mass is 299 g/mol. The van der Waals surface area contributed by atoms with Crippen molar-refractivity contribution in [3.63, 3.8) is 0 Å². The molecule has 0 saturated carbocycles. The van der Waals surface area contributed by atoms with Crippen LogP contribution >= 0.6 is 0 Å². The Balaban J connectivity index is 2.01. The second-order valence-corrected chi connectivity index (χ2v) is 4.54. The third-order valence-corrected chi connectivity index (χ3v) is 3.07. The molecule has 0 aliphatic heterocycles. The summed E-state index contributed by atoms with van der Waals surface area (Å²) < 4.78 is 4.55. The lowest BCUT2D eigenvalue weighted by atomic mass is 10.0. The van der Waals surface area contributed by atoms with Crippen LogP contribution < -0.4 is 0 Å². The van der Waals surface area contributed by atoms with Crippen molar-refractivity contribution in [1.82, 2.24) is 0 Å². The van der Waals surface area contributed by atoms with Crippen LogP contribution in [0.15, 0.2) is 59.8 Å². The van der Waals surface area contributed by atoms with Gasteiger partial charge in [0.25, 0.3) is 0 Å². The van der Waals surface area contributed by atoms with E-state index in [-0.39, 0.29) is 6.61 Å². The molecule has 0 amide bonds. The van der Waals surface area contributed by atoms with E-state index in [0.717, 1.165) is 5.56 Å². The highest BCUT2D eigenvalue weighted by Crippen LogP contribution is 2.20. The number of benzene rings is 2. The first kappa shape index (κ1) is 15.7. The Labute approximate surface area is 128 Å². The summed E-state index contributed by atoms with van der Waals surface area (Å²) in [6.07, 6.45) is 0.266. The van der Waals surface area contributed by atoms with Crippen LogP contribution in [0.3, 0.4) is 0 Å². The summed E-state index contributed by atoms with van der Waals surface area (Å²) in [6, 6.07) is 16.5. The Morgan fingerprint density at radius 1 is 1.18 bits per heavy atom. The number of carbonyl (C=O) groups excluding carboxylic acids is 1. The summed E-state index contributed by atoms with van der Waals surface area (Å²) in [5, 5.41) is 13.8. The largest absolute Gasteiger partial charge is 0.467 e. The molecule has 0 spiro atoms. The number of hydrogen-bond acceptors (Lipinski definition) is 5. The van der Waals surface area contributed by atoms with Crippen LogP contribution in [0, 0.1) is 0 Å². The minimum absolute atomic E-state index is 0.146. The Morgan fingerprint density at radius 2 is 1.86 bits per heavy atom. The number of aliphatic hydroxyl groups excluding tert-OH is 1. The Hall–Kier alpha value is -2.66. The van der Waals surface area contributed by atoms with Crippen LogP contribution in [0.4, 0.5) is 0 Å². The first-order valence-electron chi connectivity index (χ1n) is 6.76. The maximum atomic E-state index is 11.4. The summed E-state index contributed by atoms with van der Waals surface area (Å²) in [5.74, 6) is -0.708. The molecule has 0 saturated heterocycles. The Morgan fingerprint density at radius 3 is 2.59 bits per heavy atom. The van der Waals surface area contributed by atoms with E-state index in [4.69, 9.17) is 4.84 Å². The maximum Gasteiger partial charge on any atom is 0.339 e. The summed E-state index contributed by atoms with van der Waals surface area (Å²) in [7, 11) is 1.23. The second-order valence-electron chi connectivity index (χ2n) is 4.54. The highest BCUT2D eigenvalue weighted by atomic mass is 16.6. The molecular weight excluding hydrogens is 282 g/mol. The maximum absolute atomic E-state index is 11.4. The zero-order valence-electron chi connectivity index (χ0n) is 12.2. The number of oxime groups is 1. The molecule has 0 aliphatic carbocycles. The lowest BCUT2D eigenvalue weighted by molar-refractivity contribution is -0.150. The van der Waals surface area contributed by atoms with Crippen molar-refractivity contribution in [2.24, 2.45) is 5.16 Å². The molecule has 1 N–H and O–H groups in total. The molecule has 1 atom stereocenters. The van der Waals surface area contributed by atoms with Gasteiger partial charge in [-0.15, -0.1) is 0 Å².